The standard InChI is InChI=1S/C21H22N4O3S/c1-12-15(23-24-25(12)2)9-11-21(13-6-4-3-5-7-13)10-8-14-16(20(27)28)19(22)29-17(14)18(21)26/h3-7H,8-11,22H2,1-2H3,(H,27,28). The molecule has 3 aromatic rings. The summed E-state index contributed by atoms with van der Waals surface area (Å²) in [7, 11) is 1.85. The molecule has 0 saturated carbocycles. The van der Waals surface area contributed by atoms with E-state index < -0.39 is 11.4 Å². The minimum Gasteiger partial charge on any atom is -0.478 e. The Kier molecular flexibility index (Phi) is 4.74. The number of benzene rings is 1. The molecule has 0 saturated heterocycles. The van der Waals surface area contributed by atoms with Gasteiger partial charge in [-0.3, -0.25) is 9.48 Å². The number of hydrogen-bond acceptors (Lipinski definition) is 6. The number of carboxylic acid groups (broad SMARTS) is 1. The number of nitrogens with two attached hydrogens (primary N) is 1. The van der Waals surface area contributed by atoms with Gasteiger partial charge in [0.15, 0.2) is 5.78 Å². The van der Waals surface area contributed by atoms with Crippen molar-refractivity contribution in [1.29, 1.82) is 0 Å². The molecule has 0 bridgehead atoms. The van der Waals surface area contributed by atoms with Gasteiger partial charge in [0, 0.05) is 7.05 Å². The zero-order chi connectivity index (χ0) is 20.8. The fourth-order valence-corrected chi connectivity index (χ4v) is 5.38. The Hall–Kier alpha value is -3.00. The summed E-state index contributed by atoms with van der Waals surface area (Å²) >= 11 is 1.09. The van der Waals surface area contributed by atoms with Gasteiger partial charge in [-0.25, -0.2) is 4.79 Å². The molecule has 1 aromatic carbocycles. The van der Waals surface area contributed by atoms with Crippen molar-refractivity contribution in [3.8, 4) is 0 Å². The Bertz CT molecular complexity index is 1100. The van der Waals surface area contributed by atoms with Crippen LogP contribution in [0.25, 0.3) is 0 Å². The number of carbonyl (C=O) groups excluding carboxylic acids is 1. The third-order valence-electron chi connectivity index (χ3n) is 6.01. The number of rotatable bonds is 5. The first-order valence-corrected chi connectivity index (χ1v) is 10.3. The van der Waals surface area contributed by atoms with E-state index in [1.54, 1.807) is 4.68 Å². The summed E-state index contributed by atoms with van der Waals surface area (Å²) in [5.74, 6) is -1.12. The van der Waals surface area contributed by atoms with Crippen LogP contribution in [0.3, 0.4) is 0 Å². The van der Waals surface area contributed by atoms with Crippen LogP contribution >= 0.6 is 11.3 Å². The van der Waals surface area contributed by atoms with Crippen molar-refractivity contribution in [2.45, 2.75) is 38.0 Å². The molecule has 1 aliphatic carbocycles. The fourth-order valence-electron chi connectivity index (χ4n) is 4.24. The van der Waals surface area contributed by atoms with E-state index in [1.807, 2.05) is 44.3 Å². The SMILES string of the molecule is Cc1c(CCC2(c3ccccc3)CCc3c(sc(N)c3C(=O)O)C2=O)nnn1C. The van der Waals surface area contributed by atoms with Crippen molar-refractivity contribution < 1.29 is 14.7 Å². The second-order valence-corrected chi connectivity index (χ2v) is 8.53. The lowest BCUT2D eigenvalue weighted by atomic mass is 9.65. The predicted molar refractivity (Wildman–Crippen MR) is 111 cm³/mol. The number of nitrogen functional groups attached to an aromatic ring is 1. The molecule has 29 heavy (non-hydrogen) atoms. The monoisotopic (exact) mass is 410 g/mol. The minimum absolute atomic E-state index is 0.0457. The van der Waals surface area contributed by atoms with Crippen molar-refractivity contribution in [3.63, 3.8) is 0 Å². The first-order valence-electron chi connectivity index (χ1n) is 9.45. The second-order valence-electron chi connectivity index (χ2n) is 7.48. The molecule has 0 radical (unpaired) electrons. The van der Waals surface area contributed by atoms with E-state index in [0.29, 0.717) is 36.1 Å². The van der Waals surface area contributed by atoms with Crippen LogP contribution in [0.4, 0.5) is 5.00 Å². The van der Waals surface area contributed by atoms with Crippen LogP contribution < -0.4 is 5.73 Å². The van der Waals surface area contributed by atoms with Gasteiger partial charge in [-0.05, 0) is 43.7 Å². The Morgan fingerprint density at radius 2 is 2.07 bits per heavy atom. The van der Waals surface area contributed by atoms with Crippen molar-refractivity contribution in [3.05, 3.63) is 63.3 Å². The van der Waals surface area contributed by atoms with E-state index in [0.717, 1.165) is 28.3 Å². The summed E-state index contributed by atoms with van der Waals surface area (Å²) in [6.45, 7) is 1.96. The first-order chi connectivity index (χ1) is 13.8. The van der Waals surface area contributed by atoms with Crippen LogP contribution in [-0.4, -0.2) is 31.9 Å². The maximum absolute atomic E-state index is 13.8. The number of thiophene rings is 1. The average Bonchev–Trinajstić information content (AvgIpc) is 3.22. The Balaban J connectivity index is 1.78. The van der Waals surface area contributed by atoms with E-state index in [2.05, 4.69) is 10.3 Å². The number of ketones is 1. The van der Waals surface area contributed by atoms with Gasteiger partial charge in [0.05, 0.1) is 27.2 Å². The van der Waals surface area contributed by atoms with Gasteiger partial charge < -0.3 is 10.8 Å². The van der Waals surface area contributed by atoms with Gasteiger partial charge in [0.2, 0.25) is 0 Å². The van der Waals surface area contributed by atoms with Gasteiger partial charge in [0.25, 0.3) is 0 Å². The lowest BCUT2D eigenvalue weighted by Crippen LogP contribution is -2.40. The van der Waals surface area contributed by atoms with Crippen LogP contribution in [0.2, 0.25) is 0 Å². The summed E-state index contributed by atoms with van der Waals surface area (Å²) in [6, 6.07) is 9.73. The van der Waals surface area contributed by atoms with Crippen LogP contribution in [-0.2, 0) is 25.3 Å². The Labute approximate surface area is 172 Å². The highest BCUT2D eigenvalue weighted by Gasteiger charge is 2.46. The van der Waals surface area contributed by atoms with Gasteiger partial charge in [-0.15, -0.1) is 16.4 Å². The molecule has 1 unspecified atom stereocenters. The molecule has 2 aromatic heterocycles. The highest BCUT2D eigenvalue weighted by molar-refractivity contribution is 7.18. The zero-order valence-corrected chi connectivity index (χ0v) is 17.1. The molecule has 0 aliphatic heterocycles. The number of aryl methyl sites for hydroxylation is 2. The topological polar surface area (TPSA) is 111 Å². The Morgan fingerprint density at radius 3 is 2.69 bits per heavy atom. The van der Waals surface area contributed by atoms with Gasteiger partial charge in [-0.1, -0.05) is 35.5 Å². The zero-order valence-electron chi connectivity index (χ0n) is 16.3. The minimum atomic E-state index is -1.07. The fraction of sp³-hybridized carbons (Fsp3) is 0.333. The van der Waals surface area contributed by atoms with Gasteiger partial charge >= 0.3 is 5.97 Å². The summed E-state index contributed by atoms with van der Waals surface area (Å²) in [5.41, 5.74) is 8.69. The lowest BCUT2D eigenvalue weighted by Gasteiger charge is -2.36. The number of fused-ring (bicyclic) bond motifs is 1. The molecule has 0 spiro atoms. The molecule has 8 heteroatoms. The predicted octanol–water partition coefficient (Wildman–Crippen LogP) is 3.17. The quantitative estimate of drug-likeness (QED) is 0.668. The third kappa shape index (κ3) is 3.04. The van der Waals surface area contributed by atoms with Crippen LogP contribution in [0.1, 0.15) is 55.4 Å². The molecule has 4 rings (SSSR count). The number of hydrogen-bond donors (Lipinski definition) is 2. The number of anilines is 1. The molecule has 3 N–H and O–H groups in total. The number of aromatic nitrogens is 3. The lowest BCUT2D eigenvalue weighted by molar-refractivity contribution is 0.0697. The number of carbonyl (C=O) groups is 2. The molecule has 0 amide bonds. The normalized spacial score (nSPS) is 18.6. The summed E-state index contributed by atoms with van der Waals surface area (Å²) in [4.78, 5) is 25.9. The number of nitrogens with zero attached hydrogens (tertiary/aromatic N) is 3. The van der Waals surface area contributed by atoms with E-state index >= 15 is 0 Å². The highest BCUT2D eigenvalue weighted by atomic mass is 32.1. The van der Waals surface area contributed by atoms with E-state index in [-0.39, 0.29) is 16.3 Å². The number of Topliss-reactive ketones (excluding diaryl/α,β-unsaturated/α-hetero) is 1. The summed E-state index contributed by atoms with van der Waals surface area (Å²) in [6.07, 6.45) is 2.24. The van der Waals surface area contributed by atoms with Crippen LogP contribution in [0, 0.1) is 6.92 Å². The average molecular weight is 410 g/mol. The molecule has 7 nitrogen and oxygen atoms in total. The molecule has 1 atom stereocenters. The smallest absolute Gasteiger partial charge is 0.338 e. The molecule has 1 aliphatic rings. The molecular weight excluding hydrogens is 388 g/mol. The second kappa shape index (κ2) is 7.11. The number of carboxylic acids is 1. The van der Waals surface area contributed by atoms with Crippen LogP contribution in [0.15, 0.2) is 30.3 Å². The first kappa shape index (κ1) is 19.3. The molecule has 150 valence electrons. The largest absolute Gasteiger partial charge is 0.478 e. The maximum atomic E-state index is 13.8. The van der Waals surface area contributed by atoms with E-state index in [9.17, 15) is 14.7 Å². The van der Waals surface area contributed by atoms with Crippen molar-refractivity contribution in [2.24, 2.45) is 7.05 Å². The maximum Gasteiger partial charge on any atom is 0.338 e. The van der Waals surface area contributed by atoms with Gasteiger partial charge in [-0.2, -0.15) is 0 Å². The summed E-state index contributed by atoms with van der Waals surface area (Å²) < 4.78 is 1.73. The molecule has 2 heterocycles. The van der Waals surface area contributed by atoms with Crippen molar-refractivity contribution in [2.75, 3.05) is 5.73 Å². The number of aromatic carboxylic acids is 1. The van der Waals surface area contributed by atoms with Crippen LogP contribution in [0.5, 0.6) is 0 Å². The van der Waals surface area contributed by atoms with E-state index in [1.165, 1.54) is 0 Å². The molecular formula is C21H22N4O3S. The third-order valence-corrected chi connectivity index (χ3v) is 7.07. The van der Waals surface area contributed by atoms with Crippen molar-refractivity contribution >= 4 is 28.1 Å². The van der Waals surface area contributed by atoms with Gasteiger partial charge in [0.1, 0.15) is 5.00 Å². The Morgan fingerprint density at radius 1 is 1.34 bits per heavy atom. The molecule has 0 fully saturated rings. The summed E-state index contributed by atoms with van der Waals surface area (Å²) in [5, 5.41) is 18.0. The van der Waals surface area contributed by atoms with Crippen molar-refractivity contribution in [1.82, 2.24) is 15.0 Å². The van der Waals surface area contributed by atoms with E-state index in [4.69, 9.17) is 5.73 Å². The highest BCUT2D eigenvalue weighted by Crippen LogP contribution is 2.46.